The van der Waals surface area contributed by atoms with Crippen molar-refractivity contribution in [1.82, 2.24) is 9.97 Å². The number of hydrogen-bond donors (Lipinski definition) is 0. The zero-order chi connectivity index (χ0) is 37.7. The molecule has 7 aromatic rings. The van der Waals surface area contributed by atoms with Crippen molar-refractivity contribution in [2.24, 2.45) is 5.92 Å². The van der Waals surface area contributed by atoms with Crippen molar-refractivity contribution in [1.29, 1.82) is 0 Å². The Bertz CT molecular complexity index is 2440. The van der Waals surface area contributed by atoms with Crippen LogP contribution in [0, 0.1) is 18.1 Å². The van der Waals surface area contributed by atoms with Crippen molar-refractivity contribution in [3.05, 3.63) is 127 Å². The van der Waals surface area contributed by atoms with Gasteiger partial charge in [0.05, 0.1) is 17.8 Å². The van der Waals surface area contributed by atoms with Gasteiger partial charge < -0.3 is 14.4 Å². The molecule has 0 spiro atoms. The van der Waals surface area contributed by atoms with Gasteiger partial charge in [0.15, 0.2) is 0 Å². The third-order valence-corrected chi connectivity index (χ3v) is 9.81. The van der Waals surface area contributed by atoms with Crippen molar-refractivity contribution in [2.75, 3.05) is 0 Å². The smallest absolute Gasteiger partial charge is 0.121 e. The first-order valence-corrected chi connectivity index (χ1v) is 19.1. The average molecular weight is 817 g/mol. The number of rotatable bonds is 6. The van der Waals surface area contributed by atoms with E-state index in [9.17, 15) is 0 Å². The number of furan rings is 1. The second kappa shape index (κ2) is 14.5. The first kappa shape index (κ1) is 27.1. The van der Waals surface area contributed by atoms with Gasteiger partial charge in [-0.2, -0.15) is 0 Å². The Hall–Kier alpha value is -3.89. The second-order valence-corrected chi connectivity index (χ2v) is 18.1. The van der Waals surface area contributed by atoms with Gasteiger partial charge in [-0.05, 0) is 63.7 Å². The number of nitrogens with zero attached hydrogens (tertiary/aromatic N) is 2. The molecule has 4 aromatic carbocycles. The molecule has 241 valence electrons. The number of fused-ring (bicyclic) bond motifs is 4. The van der Waals surface area contributed by atoms with E-state index < -0.39 is 26.3 Å². The largest absolute Gasteiger partial charge is 0.501 e. The van der Waals surface area contributed by atoms with Crippen LogP contribution < -0.4 is 5.19 Å². The summed E-state index contributed by atoms with van der Waals surface area (Å²) in [7, 11) is -1.50. The van der Waals surface area contributed by atoms with E-state index in [1.807, 2.05) is 80.7 Å². The predicted molar refractivity (Wildman–Crippen MR) is 197 cm³/mol. The molecule has 3 aromatic heterocycles. The van der Waals surface area contributed by atoms with E-state index >= 15 is 0 Å². The standard InChI is InChI=1S/C25H20NO.C17H22NSi.Ir/c1-16(2)12-17-10-11-26-23(13-17)21-9-5-8-20-22-14-18-6-3-4-7-19(18)15-24(22)27-25(20)21;1-13(2)15-11-16(14-9-7-6-8-10-14)18-12-17(15)19(3,4)5;/h3-8,10-11,13-16H,12H2,1-2H3;6-9,11-13H,1-5H3;/q2*-1;/i10D,11D,12D2,13D;13D;. The third-order valence-electron chi connectivity index (χ3n) is 7.80. The number of pyridine rings is 2. The molecule has 0 atom stereocenters. The van der Waals surface area contributed by atoms with Crippen molar-refractivity contribution in [3.63, 3.8) is 0 Å². The Labute approximate surface area is 302 Å². The molecular formula is C42H42IrN2OSi-2. The molecule has 1 radical (unpaired) electrons. The Balaban J connectivity index is 0.000000223. The fourth-order valence-electron chi connectivity index (χ4n) is 5.57. The van der Waals surface area contributed by atoms with Crippen LogP contribution in [0.4, 0.5) is 0 Å². The monoisotopic (exact) mass is 817 g/mol. The topological polar surface area (TPSA) is 38.9 Å². The summed E-state index contributed by atoms with van der Waals surface area (Å²) in [6.45, 7) is 14.2. The summed E-state index contributed by atoms with van der Waals surface area (Å²) in [5, 5.41) is 5.15. The van der Waals surface area contributed by atoms with Crippen molar-refractivity contribution < 1.29 is 32.7 Å². The van der Waals surface area contributed by atoms with Gasteiger partial charge in [0, 0.05) is 42.0 Å². The van der Waals surface area contributed by atoms with Gasteiger partial charge in [-0.3, -0.25) is 0 Å². The molecule has 0 amide bonds. The van der Waals surface area contributed by atoms with Crippen LogP contribution in [0.2, 0.25) is 19.6 Å². The minimum Gasteiger partial charge on any atom is -0.501 e. The first-order chi connectivity index (χ1) is 24.4. The zero-order valence-corrected chi connectivity index (χ0v) is 31.2. The molecule has 0 aliphatic carbocycles. The molecule has 0 fully saturated rings. The quantitative estimate of drug-likeness (QED) is 0.124. The van der Waals surface area contributed by atoms with E-state index in [4.69, 9.17) is 12.6 Å². The summed E-state index contributed by atoms with van der Waals surface area (Å²) in [5.74, 6) is -1.09. The van der Waals surface area contributed by atoms with Crippen LogP contribution in [0.5, 0.6) is 0 Å². The molecule has 47 heavy (non-hydrogen) atoms. The SMILES string of the molecule is [2H]C(C)(C)c1cc(-c2[c-]cccc2)ncc1[Si](C)(C)C.[2H]c1nc(-c2[c-]ccc3c2oc2cc4ccccc4cc23)c([2H])c(C([2H])([2H])C(C)C)c1[2H].[Ir]. The minimum atomic E-state index is -1.96. The molecule has 0 saturated heterocycles. The van der Waals surface area contributed by atoms with Crippen LogP contribution >= 0.6 is 0 Å². The van der Waals surface area contributed by atoms with Crippen LogP contribution in [0.1, 0.15) is 52.9 Å². The van der Waals surface area contributed by atoms with Crippen molar-refractivity contribution in [2.45, 2.75) is 59.6 Å². The van der Waals surface area contributed by atoms with Gasteiger partial charge in [0.1, 0.15) is 5.58 Å². The molecule has 0 unspecified atom stereocenters. The van der Waals surface area contributed by atoms with Crippen LogP contribution in [0.3, 0.4) is 0 Å². The molecule has 3 nitrogen and oxygen atoms in total. The van der Waals surface area contributed by atoms with Gasteiger partial charge >= 0.3 is 0 Å². The Kier molecular flexibility index (Phi) is 8.35. The molecule has 0 bridgehead atoms. The van der Waals surface area contributed by atoms with Crippen molar-refractivity contribution in [3.8, 4) is 22.5 Å². The van der Waals surface area contributed by atoms with Gasteiger partial charge in [-0.25, -0.2) is 0 Å². The second-order valence-electron chi connectivity index (χ2n) is 13.0. The Morgan fingerprint density at radius 2 is 1.62 bits per heavy atom. The third kappa shape index (κ3) is 7.65. The number of hydrogen-bond acceptors (Lipinski definition) is 3. The van der Waals surface area contributed by atoms with Crippen molar-refractivity contribution >= 4 is 46.0 Å². The fourth-order valence-corrected chi connectivity index (χ4v) is 7.15. The fraction of sp³-hybridized carbons (Fsp3) is 0.238. The van der Waals surface area contributed by atoms with Crippen LogP contribution in [-0.4, -0.2) is 18.0 Å². The van der Waals surface area contributed by atoms with E-state index in [2.05, 4.69) is 53.9 Å². The maximum Gasteiger partial charge on any atom is 0.121 e. The number of benzene rings is 4. The van der Waals surface area contributed by atoms with Crippen LogP contribution in [0.15, 0.2) is 108 Å². The molecular weight excluding hydrogens is 769 g/mol. The summed E-state index contributed by atoms with van der Waals surface area (Å²) >= 11 is 0. The summed E-state index contributed by atoms with van der Waals surface area (Å²) in [6, 6.07) is 31.3. The van der Waals surface area contributed by atoms with Gasteiger partial charge in [-0.1, -0.05) is 106 Å². The Morgan fingerprint density at radius 3 is 2.30 bits per heavy atom. The molecule has 3 heterocycles. The van der Waals surface area contributed by atoms with Crippen LogP contribution in [0.25, 0.3) is 55.2 Å². The van der Waals surface area contributed by atoms with Gasteiger partial charge in [0.2, 0.25) is 0 Å². The maximum absolute atomic E-state index is 8.73. The van der Waals surface area contributed by atoms with E-state index in [0.717, 1.165) is 38.4 Å². The molecule has 7 rings (SSSR count). The minimum absolute atomic E-state index is 0. The van der Waals surface area contributed by atoms with E-state index in [1.165, 1.54) is 5.19 Å². The maximum atomic E-state index is 8.73. The first-order valence-electron chi connectivity index (χ1n) is 18.6. The molecule has 0 N–H and O–H groups in total. The predicted octanol–water partition coefficient (Wildman–Crippen LogP) is 11.0. The van der Waals surface area contributed by atoms with E-state index in [0.29, 0.717) is 16.7 Å². The van der Waals surface area contributed by atoms with Gasteiger partial charge in [-0.15, -0.1) is 54.1 Å². The molecule has 5 heteroatoms. The summed E-state index contributed by atoms with van der Waals surface area (Å²) in [4.78, 5) is 8.79. The zero-order valence-electron chi connectivity index (χ0n) is 33.8. The normalized spacial score (nSPS) is 14.0. The van der Waals surface area contributed by atoms with E-state index in [-0.39, 0.29) is 49.6 Å². The average Bonchev–Trinajstić information content (AvgIpc) is 3.46. The number of aromatic nitrogens is 2. The Morgan fingerprint density at radius 1 is 0.872 bits per heavy atom. The van der Waals surface area contributed by atoms with E-state index in [1.54, 1.807) is 19.9 Å². The van der Waals surface area contributed by atoms with Crippen LogP contribution in [-0.2, 0) is 26.5 Å². The molecule has 0 aliphatic heterocycles. The molecule has 0 saturated carbocycles. The summed E-state index contributed by atoms with van der Waals surface area (Å²) < 4.78 is 56.7. The van der Waals surface area contributed by atoms with Gasteiger partial charge in [0.25, 0.3) is 0 Å². The molecule has 0 aliphatic rings. The summed E-state index contributed by atoms with van der Waals surface area (Å²) in [6.07, 6.45) is -0.349. The summed E-state index contributed by atoms with van der Waals surface area (Å²) in [5.41, 5.74) is 4.51.